The van der Waals surface area contributed by atoms with Crippen LogP contribution in [0.15, 0.2) is 54.6 Å². The van der Waals surface area contributed by atoms with Gasteiger partial charge in [0.05, 0.1) is 0 Å². The Labute approximate surface area is 83.3 Å². The third-order valence-corrected chi connectivity index (χ3v) is 2.16. The van der Waals surface area contributed by atoms with Crippen LogP contribution in [0.2, 0.25) is 0 Å². The molecule has 0 radical (unpaired) electrons. The summed E-state index contributed by atoms with van der Waals surface area (Å²) in [6.07, 6.45) is 0. The van der Waals surface area contributed by atoms with E-state index < -0.39 is 0 Å². The number of hydrogen-bond donors (Lipinski definition) is 2. The van der Waals surface area contributed by atoms with Crippen molar-refractivity contribution in [1.82, 2.24) is 0 Å². The van der Waals surface area contributed by atoms with Crippen LogP contribution in [0.1, 0.15) is 0 Å². The molecular formula is C12H12N2. The van der Waals surface area contributed by atoms with Gasteiger partial charge >= 0.3 is 0 Å². The van der Waals surface area contributed by atoms with Crippen molar-refractivity contribution in [3.63, 3.8) is 0 Å². The smallest absolute Gasteiger partial charge is 0.0485 e. The molecule has 70 valence electrons. The number of nitrogen functional groups attached to an aromatic ring is 1. The number of hydrogen-bond acceptors (Lipinski definition) is 2. The summed E-state index contributed by atoms with van der Waals surface area (Å²) in [5.41, 5.74) is 5.94. The molecule has 3 N–H and O–H groups in total. The molecule has 0 aliphatic rings. The van der Waals surface area contributed by atoms with Crippen LogP contribution in [0.5, 0.6) is 0 Å². The van der Waals surface area contributed by atoms with Crippen molar-refractivity contribution in [3.05, 3.63) is 54.6 Å². The Bertz CT molecular complexity index is 392. The van der Waals surface area contributed by atoms with E-state index in [-0.39, 0.29) is 0 Å². The average Bonchev–Trinajstić information content (AvgIpc) is 2.30. The number of hydrazine groups is 1. The lowest BCUT2D eigenvalue weighted by atomic mass is 10.1. The highest BCUT2D eigenvalue weighted by atomic mass is 15.2. The summed E-state index contributed by atoms with van der Waals surface area (Å²) in [5.74, 6) is 5.29. The van der Waals surface area contributed by atoms with Crippen LogP contribution in [-0.2, 0) is 0 Å². The Balaban J connectivity index is 2.34. The van der Waals surface area contributed by atoms with E-state index in [1.54, 1.807) is 0 Å². The quantitative estimate of drug-likeness (QED) is 0.556. The summed E-state index contributed by atoms with van der Waals surface area (Å²) < 4.78 is 0. The minimum Gasteiger partial charge on any atom is -0.324 e. The lowest BCUT2D eigenvalue weighted by molar-refractivity contribution is 1.35. The highest BCUT2D eigenvalue weighted by molar-refractivity contribution is 5.65. The second-order valence-corrected chi connectivity index (χ2v) is 3.09. The van der Waals surface area contributed by atoms with Gasteiger partial charge in [0.1, 0.15) is 0 Å². The predicted octanol–water partition coefficient (Wildman–Crippen LogP) is 2.64. The maximum absolute atomic E-state index is 5.29. The van der Waals surface area contributed by atoms with Crippen LogP contribution in [0.25, 0.3) is 11.1 Å². The molecule has 0 heterocycles. The van der Waals surface area contributed by atoms with E-state index in [1.165, 1.54) is 11.1 Å². The SMILES string of the molecule is NNc1ccc(-c2ccccc2)cc1. The number of nitrogens with one attached hydrogen (secondary N) is 1. The molecule has 0 amide bonds. The van der Waals surface area contributed by atoms with E-state index in [0.29, 0.717) is 0 Å². The number of nitrogens with two attached hydrogens (primary N) is 1. The minimum atomic E-state index is 0.921. The van der Waals surface area contributed by atoms with Gasteiger partial charge in [0, 0.05) is 5.69 Å². The average molecular weight is 184 g/mol. The highest BCUT2D eigenvalue weighted by Crippen LogP contribution is 2.20. The molecule has 0 aromatic heterocycles. The fraction of sp³-hybridized carbons (Fsp3) is 0. The third-order valence-electron chi connectivity index (χ3n) is 2.16. The molecule has 2 aromatic carbocycles. The van der Waals surface area contributed by atoms with E-state index in [9.17, 15) is 0 Å². The molecule has 0 atom stereocenters. The van der Waals surface area contributed by atoms with E-state index >= 15 is 0 Å². The summed E-state index contributed by atoms with van der Waals surface area (Å²) in [7, 11) is 0. The summed E-state index contributed by atoms with van der Waals surface area (Å²) in [6.45, 7) is 0. The van der Waals surface area contributed by atoms with Crippen molar-refractivity contribution in [3.8, 4) is 11.1 Å². The van der Waals surface area contributed by atoms with E-state index in [0.717, 1.165) is 5.69 Å². The first-order chi connectivity index (χ1) is 6.90. The molecule has 2 aromatic rings. The van der Waals surface area contributed by atoms with Gasteiger partial charge in [-0.1, -0.05) is 42.5 Å². The van der Waals surface area contributed by atoms with Crippen molar-refractivity contribution in [2.45, 2.75) is 0 Å². The Morgan fingerprint density at radius 1 is 0.714 bits per heavy atom. The highest BCUT2D eigenvalue weighted by Gasteiger charge is 1.95. The molecule has 2 nitrogen and oxygen atoms in total. The maximum atomic E-state index is 5.29. The second-order valence-electron chi connectivity index (χ2n) is 3.09. The second kappa shape index (κ2) is 3.94. The molecule has 0 saturated heterocycles. The first-order valence-electron chi connectivity index (χ1n) is 4.52. The molecular weight excluding hydrogens is 172 g/mol. The molecule has 0 spiro atoms. The molecule has 0 saturated carbocycles. The minimum absolute atomic E-state index is 0.921. The van der Waals surface area contributed by atoms with Crippen LogP contribution < -0.4 is 11.3 Å². The van der Waals surface area contributed by atoms with E-state index in [2.05, 4.69) is 17.6 Å². The van der Waals surface area contributed by atoms with Gasteiger partial charge in [-0.2, -0.15) is 0 Å². The van der Waals surface area contributed by atoms with Crippen LogP contribution >= 0.6 is 0 Å². The standard InChI is InChI=1S/C12H12N2/c13-14-12-8-6-11(7-9-12)10-4-2-1-3-5-10/h1-9,14H,13H2. The van der Waals surface area contributed by atoms with Gasteiger partial charge in [0.25, 0.3) is 0 Å². The lowest BCUT2D eigenvalue weighted by Crippen LogP contribution is -2.05. The van der Waals surface area contributed by atoms with Gasteiger partial charge < -0.3 is 5.43 Å². The monoisotopic (exact) mass is 184 g/mol. The molecule has 0 aliphatic heterocycles. The molecule has 0 unspecified atom stereocenters. The van der Waals surface area contributed by atoms with Crippen molar-refractivity contribution in [1.29, 1.82) is 0 Å². The largest absolute Gasteiger partial charge is 0.324 e. The summed E-state index contributed by atoms with van der Waals surface area (Å²) in [4.78, 5) is 0. The Morgan fingerprint density at radius 3 is 1.86 bits per heavy atom. The third kappa shape index (κ3) is 1.75. The summed E-state index contributed by atoms with van der Waals surface area (Å²) in [5, 5.41) is 0. The van der Waals surface area contributed by atoms with Gasteiger partial charge in [0.2, 0.25) is 0 Å². The zero-order valence-electron chi connectivity index (χ0n) is 7.77. The zero-order valence-corrected chi connectivity index (χ0v) is 7.77. The summed E-state index contributed by atoms with van der Waals surface area (Å²) >= 11 is 0. The predicted molar refractivity (Wildman–Crippen MR) is 59.7 cm³/mol. The van der Waals surface area contributed by atoms with Gasteiger partial charge in [-0.3, -0.25) is 5.84 Å². The first-order valence-corrected chi connectivity index (χ1v) is 4.52. The number of anilines is 1. The number of benzene rings is 2. The van der Waals surface area contributed by atoms with Crippen molar-refractivity contribution >= 4 is 5.69 Å². The van der Waals surface area contributed by atoms with Crippen LogP contribution in [-0.4, -0.2) is 0 Å². The molecule has 0 aliphatic carbocycles. The Morgan fingerprint density at radius 2 is 1.29 bits per heavy atom. The first kappa shape index (κ1) is 8.78. The van der Waals surface area contributed by atoms with Crippen LogP contribution in [0.3, 0.4) is 0 Å². The lowest BCUT2D eigenvalue weighted by Gasteiger charge is -2.03. The van der Waals surface area contributed by atoms with Crippen LogP contribution in [0, 0.1) is 0 Å². The van der Waals surface area contributed by atoms with E-state index in [1.807, 2.05) is 42.5 Å². The van der Waals surface area contributed by atoms with Crippen molar-refractivity contribution in [2.75, 3.05) is 5.43 Å². The fourth-order valence-electron chi connectivity index (χ4n) is 1.39. The molecule has 0 fully saturated rings. The van der Waals surface area contributed by atoms with Gasteiger partial charge in [-0.25, -0.2) is 0 Å². The van der Waals surface area contributed by atoms with Gasteiger partial charge in [-0.15, -0.1) is 0 Å². The molecule has 0 bridgehead atoms. The van der Waals surface area contributed by atoms with E-state index in [4.69, 9.17) is 5.84 Å². The fourth-order valence-corrected chi connectivity index (χ4v) is 1.39. The molecule has 14 heavy (non-hydrogen) atoms. The number of rotatable bonds is 2. The topological polar surface area (TPSA) is 38.0 Å². The van der Waals surface area contributed by atoms with Crippen molar-refractivity contribution < 1.29 is 0 Å². The van der Waals surface area contributed by atoms with Gasteiger partial charge in [0.15, 0.2) is 0 Å². The Kier molecular flexibility index (Phi) is 2.47. The van der Waals surface area contributed by atoms with Crippen molar-refractivity contribution in [2.24, 2.45) is 5.84 Å². The molecule has 2 heteroatoms. The summed E-state index contributed by atoms with van der Waals surface area (Å²) in [6, 6.07) is 18.3. The maximum Gasteiger partial charge on any atom is 0.0485 e. The van der Waals surface area contributed by atoms with Gasteiger partial charge in [-0.05, 0) is 23.3 Å². The Hall–Kier alpha value is -1.80. The van der Waals surface area contributed by atoms with Crippen LogP contribution in [0.4, 0.5) is 5.69 Å². The molecule has 2 rings (SSSR count). The zero-order chi connectivity index (χ0) is 9.80. The normalized spacial score (nSPS) is 9.79.